The van der Waals surface area contributed by atoms with Crippen LogP contribution in [0.3, 0.4) is 0 Å². The predicted molar refractivity (Wildman–Crippen MR) is 123 cm³/mol. The standard InChI is InChI=1S/C25H23NO4S/c1-17(27)20-11-7-12-21(23(20)28)26-24(29)25(14-19-10-5-6-13-22(19)30-25)16-31-15-18-8-3-2-4-9-18/h2-13,28H,14-16H2,1H3,(H,26,29). The fourth-order valence-corrected chi connectivity index (χ4v) is 4.80. The number of hydrogen-bond acceptors (Lipinski definition) is 5. The van der Waals surface area contributed by atoms with Crippen LogP contribution in [0.25, 0.3) is 0 Å². The van der Waals surface area contributed by atoms with Gasteiger partial charge in [-0.05, 0) is 36.2 Å². The van der Waals surface area contributed by atoms with Crippen molar-refractivity contribution < 1.29 is 19.4 Å². The van der Waals surface area contributed by atoms with Crippen molar-refractivity contribution in [2.24, 2.45) is 0 Å². The van der Waals surface area contributed by atoms with Crippen molar-refractivity contribution in [2.45, 2.75) is 24.7 Å². The Labute approximate surface area is 185 Å². The average molecular weight is 434 g/mol. The normalized spacial score (nSPS) is 16.9. The molecule has 158 valence electrons. The van der Waals surface area contributed by atoms with Crippen molar-refractivity contribution >= 4 is 29.1 Å². The summed E-state index contributed by atoms with van der Waals surface area (Å²) < 4.78 is 6.20. The Bertz CT molecular complexity index is 1090. The summed E-state index contributed by atoms with van der Waals surface area (Å²) in [5.41, 5.74) is 1.40. The Morgan fingerprint density at radius 2 is 1.77 bits per heavy atom. The quantitative estimate of drug-likeness (QED) is 0.412. The molecule has 4 rings (SSSR count). The van der Waals surface area contributed by atoms with Gasteiger partial charge in [-0.15, -0.1) is 0 Å². The number of nitrogens with one attached hydrogen (secondary N) is 1. The number of rotatable bonds is 7. The molecule has 1 aliphatic heterocycles. The largest absolute Gasteiger partial charge is 0.505 e. The fraction of sp³-hybridized carbons (Fsp3) is 0.200. The lowest BCUT2D eigenvalue weighted by atomic mass is 9.97. The van der Waals surface area contributed by atoms with Crippen LogP contribution in [-0.2, 0) is 17.0 Å². The molecule has 0 saturated heterocycles. The van der Waals surface area contributed by atoms with Gasteiger partial charge in [0.2, 0.25) is 0 Å². The lowest BCUT2D eigenvalue weighted by molar-refractivity contribution is -0.128. The highest BCUT2D eigenvalue weighted by Gasteiger charge is 2.46. The zero-order chi connectivity index (χ0) is 21.8. The first kappa shape index (κ1) is 21.0. The van der Waals surface area contributed by atoms with E-state index in [1.165, 1.54) is 18.6 Å². The molecule has 0 fully saturated rings. The van der Waals surface area contributed by atoms with Crippen LogP contribution in [0.4, 0.5) is 5.69 Å². The van der Waals surface area contributed by atoms with E-state index in [1.54, 1.807) is 23.9 Å². The Morgan fingerprint density at radius 3 is 2.52 bits per heavy atom. The maximum atomic E-state index is 13.4. The molecule has 0 saturated carbocycles. The minimum Gasteiger partial charge on any atom is -0.505 e. The molecule has 1 aliphatic rings. The van der Waals surface area contributed by atoms with Crippen molar-refractivity contribution in [3.8, 4) is 11.5 Å². The minimum absolute atomic E-state index is 0.168. The summed E-state index contributed by atoms with van der Waals surface area (Å²) >= 11 is 1.62. The zero-order valence-electron chi connectivity index (χ0n) is 17.1. The van der Waals surface area contributed by atoms with Gasteiger partial charge in [-0.25, -0.2) is 0 Å². The van der Waals surface area contributed by atoms with Gasteiger partial charge in [-0.1, -0.05) is 54.6 Å². The smallest absolute Gasteiger partial charge is 0.269 e. The van der Waals surface area contributed by atoms with Crippen LogP contribution < -0.4 is 10.1 Å². The van der Waals surface area contributed by atoms with Crippen LogP contribution in [0.5, 0.6) is 11.5 Å². The van der Waals surface area contributed by atoms with E-state index in [9.17, 15) is 14.7 Å². The van der Waals surface area contributed by atoms with Gasteiger partial charge in [0.15, 0.2) is 11.4 Å². The Kier molecular flexibility index (Phi) is 6.00. The summed E-state index contributed by atoms with van der Waals surface area (Å²) in [5, 5.41) is 13.2. The predicted octanol–water partition coefficient (Wildman–Crippen LogP) is 4.84. The molecule has 3 aromatic rings. The number of hydrogen-bond donors (Lipinski definition) is 2. The van der Waals surface area contributed by atoms with Crippen LogP contribution >= 0.6 is 11.8 Å². The third-order valence-corrected chi connectivity index (χ3v) is 6.49. The van der Waals surface area contributed by atoms with Crippen LogP contribution in [-0.4, -0.2) is 28.2 Å². The third-order valence-electron chi connectivity index (χ3n) is 5.28. The summed E-state index contributed by atoms with van der Waals surface area (Å²) in [4.78, 5) is 25.2. The Balaban J connectivity index is 1.57. The van der Waals surface area contributed by atoms with Crippen molar-refractivity contribution in [3.63, 3.8) is 0 Å². The highest BCUT2D eigenvalue weighted by molar-refractivity contribution is 7.98. The molecule has 0 aliphatic carbocycles. The summed E-state index contributed by atoms with van der Waals surface area (Å²) in [6.07, 6.45) is 0.434. The number of amides is 1. The number of ketones is 1. The summed E-state index contributed by atoms with van der Waals surface area (Å²) in [6, 6.07) is 22.4. The number of fused-ring (bicyclic) bond motifs is 1. The first-order chi connectivity index (χ1) is 15.0. The number of ether oxygens (including phenoxy) is 1. The van der Waals surface area contributed by atoms with Gasteiger partial charge >= 0.3 is 0 Å². The zero-order valence-corrected chi connectivity index (χ0v) is 17.9. The number of thioether (sulfide) groups is 1. The number of aromatic hydroxyl groups is 1. The van der Waals surface area contributed by atoms with E-state index in [0.717, 1.165) is 11.3 Å². The molecule has 0 bridgehead atoms. The third kappa shape index (κ3) is 4.44. The molecule has 2 N–H and O–H groups in total. The summed E-state index contributed by atoms with van der Waals surface area (Å²) in [6.45, 7) is 1.37. The van der Waals surface area contributed by atoms with E-state index in [4.69, 9.17) is 4.74 Å². The van der Waals surface area contributed by atoms with Gasteiger partial charge in [-0.3, -0.25) is 9.59 Å². The number of para-hydroxylation sites is 2. The molecule has 5 nitrogen and oxygen atoms in total. The molecule has 1 amide bonds. The number of Topliss-reactive ketones (excluding diaryl/α,β-unsaturated/α-hetero) is 1. The number of carbonyl (C=O) groups is 2. The molecule has 1 unspecified atom stereocenters. The second-order valence-corrected chi connectivity index (χ2v) is 8.56. The molecule has 0 spiro atoms. The van der Waals surface area contributed by atoms with Crippen molar-refractivity contribution in [3.05, 3.63) is 89.5 Å². The van der Waals surface area contributed by atoms with Gasteiger partial charge in [0.1, 0.15) is 11.5 Å². The molecular formula is C25H23NO4S. The molecule has 1 atom stereocenters. The number of anilines is 1. The highest BCUT2D eigenvalue weighted by Crippen LogP contribution is 2.39. The Hall–Kier alpha value is -3.25. The van der Waals surface area contributed by atoms with Gasteiger partial charge < -0.3 is 15.2 Å². The molecule has 0 radical (unpaired) electrons. The summed E-state index contributed by atoms with van der Waals surface area (Å²) in [5.74, 6) is 1.04. The number of benzene rings is 3. The average Bonchev–Trinajstić information content (AvgIpc) is 3.15. The lowest BCUT2D eigenvalue weighted by Crippen LogP contribution is -2.49. The molecule has 3 aromatic carbocycles. The Morgan fingerprint density at radius 1 is 1.03 bits per heavy atom. The molecule has 31 heavy (non-hydrogen) atoms. The van der Waals surface area contributed by atoms with Crippen molar-refractivity contribution in [2.75, 3.05) is 11.1 Å². The molecular weight excluding hydrogens is 410 g/mol. The van der Waals surface area contributed by atoms with Gasteiger partial charge in [0, 0.05) is 17.9 Å². The van der Waals surface area contributed by atoms with E-state index in [0.29, 0.717) is 17.9 Å². The maximum absolute atomic E-state index is 13.4. The second-order valence-electron chi connectivity index (χ2n) is 7.57. The highest BCUT2D eigenvalue weighted by atomic mass is 32.2. The number of phenols is 1. The van der Waals surface area contributed by atoms with E-state index < -0.39 is 5.60 Å². The topological polar surface area (TPSA) is 75.6 Å². The first-order valence-corrected chi connectivity index (χ1v) is 11.2. The van der Waals surface area contributed by atoms with Crippen molar-refractivity contribution in [1.29, 1.82) is 0 Å². The van der Waals surface area contributed by atoms with E-state index in [1.807, 2.05) is 42.5 Å². The van der Waals surface area contributed by atoms with Crippen LogP contribution in [0.15, 0.2) is 72.8 Å². The fourth-order valence-electron chi connectivity index (χ4n) is 3.65. The SMILES string of the molecule is CC(=O)c1cccc(NC(=O)C2(CSCc3ccccc3)Cc3ccccc3O2)c1O. The minimum atomic E-state index is -1.11. The van der Waals surface area contributed by atoms with Crippen LogP contribution in [0.2, 0.25) is 0 Å². The first-order valence-electron chi connectivity index (χ1n) is 10.0. The number of carbonyl (C=O) groups excluding carboxylic acids is 2. The number of phenolic OH excluding ortho intramolecular Hbond substituents is 1. The summed E-state index contributed by atoms with van der Waals surface area (Å²) in [7, 11) is 0. The van der Waals surface area contributed by atoms with Gasteiger partial charge in [-0.2, -0.15) is 11.8 Å². The second kappa shape index (κ2) is 8.86. The maximum Gasteiger partial charge on any atom is 0.269 e. The van der Waals surface area contributed by atoms with E-state index in [-0.39, 0.29) is 28.7 Å². The van der Waals surface area contributed by atoms with Crippen LogP contribution in [0, 0.1) is 0 Å². The van der Waals surface area contributed by atoms with Crippen LogP contribution in [0.1, 0.15) is 28.4 Å². The van der Waals surface area contributed by atoms with Gasteiger partial charge in [0.05, 0.1) is 11.3 Å². The molecule has 0 aromatic heterocycles. The molecule has 6 heteroatoms. The molecule has 1 heterocycles. The van der Waals surface area contributed by atoms with E-state index in [2.05, 4.69) is 17.4 Å². The monoisotopic (exact) mass is 433 g/mol. The van der Waals surface area contributed by atoms with Crippen molar-refractivity contribution in [1.82, 2.24) is 0 Å². The van der Waals surface area contributed by atoms with E-state index >= 15 is 0 Å². The lowest BCUT2D eigenvalue weighted by Gasteiger charge is -2.27. The van der Waals surface area contributed by atoms with Gasteiger partial charge in [0.25, 0.3) is 5.91 Å².